The maximum Gasteiger partial charge on any atom is 0.262 e. The minimum atomic E-state index is -0.251. The van der Waals surface area contributed by atoms with Crippen molar-refractivity contribution in [3.05, 3.63) is 63.4 Å². The Labute approximate surface area is 183 Å². The van der Waals surface area contributed by atoms with Crippen LogP contribution in [0.3, 0.4) is 0 Å². The van der Waals surface area contributed by atoms with Crippen LogP contribution in [0.15, 0.2) is 52.4 Å². The summed E-state index contributed by atoms with van der Waals surface area (Å²) < 4.78 is 1.65. The third-order valence-electron chi connectivity index (χ3n) is 4.46. The van der Waals surface area contributed by atoms with Gasteiger partial charge in [-0.05, 0) is 42.7 Å². The summed E-state index contributed by atoms with van der Waals surface area (Å²) in [5.41, 5.74) is 1.37. The van der Waals surface area contributed by atoms with Crippen LogP contribution in [0, 0.1) is 17.2 Å². The van der Waals surface area contributed by atoms with E-state index in [1.807, 2.05) is 18.2 Å². The molecule has 3 rings (SSSR count). The second-order valence-electron chi connectivity index (χ2n) is 7.19. The van der Waals surface area contributed by atoms with Crippen molar-refractivity contribution < 1.29 is 4.79 Å². The molecule has 6 nitrogen and oxygen atoms in total. The number of nitriles is 1. The molecule has 1 amide bonds. The zero-order valence-corrected chi connectivity index (χ0v) is 18.3. The summed E-state index contributed by atoms with van der Waals surface area (Å²) in [6.07, 6.45) is 0.837. The van der Waals surface area contributed by atoms with E-state index in [1.165, 1.54) is 17.8 Å². The highest BCUT2D eigenvalue weighted by Gasteiger charge is 2.14. The van der Waals surface area contributed by atoms with Crippen LogP contribution < -0.4 is 10.9 Å². The molecule has 0 radical (unpaired) electrons. The number of benzene rings is 2. The fraction of sp³-hybridized carbons (Fsp3) is 0.273. The van der Waals surface area contributed by atoms with Crippen molar-refractivity contribution >= 4 is 45.9 Å². The number of hydrogen-bond donors (Lipinski definition) is 1. The number of hydrogen-bond acceptors (Lipinski definition) is 5. The van der Waals surface area contributed by atoms with Gasteiger partial charge in [0.15, 0.2) is 5.16 Å². The molecule has 3 aromatic rings. The summed E-state index contributed by atoms with van der Waals surface area (Å²) in [6, 6.07) is 13.9. The first-order valence-electron chi connectivity index (χ1n) is 9.51. The van der Waals surface area contributed by atoms with E-state index in [4.69, 9.17) is 16.9 Å². The number of thioether (sulfide) groups is 1. The molecule has 0 saturated carbocycles. The smallest absolute Gasteiger partial charge is 0.262 e. The van der Waals surface area contributed by atoms with Crippen LogP contribution in [0.25, 0.3) is 10.9 Å². The van der Waals surface area contributed by atoms with Crippen molar-refractivity contribution in [2.45, 2.75) is 32.0 Å². The van der Waals surface area contributed by atoms with Crippen LogP contribution in [0.2, 0.25) is 5.02 Å². The van der Waals surface area contributed by atoms with E-state index < -0.39 is 0 Å². The van der Waals surface area contributed by atoms with Gasteiger partial charge in [-0.2, -0.15) is 5.26 Å². The van der Waals surface area contributed by atoms with Crippen LogP contribution in [-0.4, -0.2) is 21.2 Å². The molecule has 30 heavy (non-hydrogen) atoms. The molecule has 0 aliphatic carbocycles. The lowest BCUT2D eigenvalue weighted by molar-refractivity contribution is -0.113. The van der Waals surface area contributed by atoms with Gasteiger partial charge in [0.1, 0.15) is 6.07 Å². The second-order valence-corrected chi connectivity index (χ2v) is 8.54. The van der Waals surface area contributed by atoms with E-state index in [-0.39, 0.29) is 22.2 Å². The number of rotatable bonds is 7. The fourth-order valence-corrected chi connectivity index (χ4v) is 3.90. The van der Waals surface area contributed by atoms with Crippen molar-refractivity contribution in [1.29, 1.82) is 5.26 Å². The normalized spacial score (nSPS) is 10.9. The lowest BCUT2D eigenvalue weighted by Gasteiger charge is -2.14. The number of aromatic nitrogens is 2. The summed E-state index contributed by atoms with van der Waals surface area (Å²) in [5.74, 6) is 0.272. The summed E-state index contributed by atoms with van der Waals surface area (Å²) in [6.45, 7) is 4.74. The van der Waals surface area contributed by atoms with Crippen molar-refractivity contribution in [3.63, 3.8) is 0 Å². The van der Waals surface area contributed by atoms with E-state index in [0.717, 1.165) is 6.42 Å². The highest BCUT2D eigenvalue weighted by atomic mass is 35.5. The summed E-state index contributed by atoms with van der Waals surface area (Å²) in [7, 11) is 0. The molecule has 2 aromatic carbocycles. The van der Waals surface area contributed by atoms with Gasteiger partial charge in [-0.1, -0.05) is 49.3 Å². The number of anilines is 1. The molecule has 0 fully saturated rings. The molecule has 0 unspecified atom stereocenters. The van der Waals surface area contributed by atoms with Crippen molar-refractivity contribution in [3.8, 4) is 6.07 Å². The summed E-state index contributed by atoms with van der Waals surface area (Å²) in [5, 5.41) is 13.1. The number of halogens is 1. The topological polar surface area (TPSA) is 87.8 Å². The maximum atomic E-state index is 13.0. The maximum absolute atomic E-state index is 13.0. The first-order valence-corrected chi connectivity index (χ1v) is 10.9. The Kier molecular flexibility index (Phi) is 7.14. The largest absolute Gasteiger partial charge is 0.325 e. The summed E-state index contributed by atoms with van der Waals surface area (Å²) >= 11 is 7.23. The Morgan fingerprint density at radius 1 is 1.30 bits per heavy atom. The van der Waals surface area contributed by atoms with Gasteiger partial charge in [0.25, 0.3) is 5.56 Å². The van der Waals surface area contributed by atoms with Crippen molar-refractivity contribution in [1.82, 2.24) is 9.55 Å². The van der Waals surface area contributed by atoms with Crippen LogP contribution in [-0.2, 0) is 11.3 Å². The number of fused-ring (bicyclic) bond motifs is 1. The number of nitrogens with one attached hydrogen (secondary N) is 1. The first-order chi connectivity index (χ1) is 14.4. The highest BCUT2D eigenvalue weighted by molar-refractivity contribution is 7.99. The van der Waals surface area contributed by atoms with Gasteiger partial charge >= 0.3 is 0 Å². The number of amides is 1. The van der Waals surface area contributed by atoms with Gasteiger partial charge in [-0.3, -0.25) is 14.2 Å². The number of para-hydroxylation sites is 1. The second kappa shape index (κ2) is 9.79. The Bertz CT molecular complexity index is 1180. The molecule has 154 valence electrons. The van der Waals surface area contributed by atoms with Crippen LogP contribution in [0.1, 0.15) is 25.8 Å². The van der Waals surface area contributed by atoms with Crippen molar-refractivity contribution in [2.75, 3.05) is 11.1 Å². The third kappa shape index (κ3) is 5.21. The molecule has 8 heteroatoms. The average molecular weight is 441 g/mol. The lowest BCUT2D eigenvalue weighted by Crippen LogP contribution is -2.25. The molecule has 0 bridgehead atoms. The van der Waals surface area contributed by atoms with Crippen LogP contribution in [0.5, 0.6) is 0 Å². The van der Waals surface area contributed by atoms with E-state index in [1.54, 1.807) is 28.8 Å². The molecule has 1 heterocycles. The molecular formula is C22H21ClN4O2S. The number of carbonyl (C=O) groups excluding carboxylic acids is 1. The minimum absolute atomic E-state index is 0.0874. The predicted molar refractivity (Wildman–Crippen MR) is 121 cm³/mol. The highest BCUT2D eigenvalue weighted by Crippen LogP contribution is 2.22. The average Bonchev–Trinajstić information content (AvgIpc) is 2.72. The quantitative estimate of drug-likeness (QED) is 0.425. The Balaban J connectivity index is 1.79. The van der Waals surface area contributed by atoms with Crippen LogP contribution >= 0.6 is 23.4 Å². The van der Waals surface area contributed by atoms with Gasteiger partial charge in [-0.25, -0.2) is 4.98 Å². The van der Waals surface area contributed by atoms with Crippen LogP contribution in [0.4, 0.5) is 5.69 Å². The van der Waals surface area contributed by atoms with Gasteiger partial charge in [0.05, 0.1) is 27.2 Å². The molecule has 1 N–H and O–H groups in total. The van der Waals surface area contributed by atoms with E-state index >= 15 is 0 Å². The Morgan fingerprint density at radius 3 is 2.77 bits per heavy atom. The zero-order valence-electron chi connectivity index (χ0n) is 16.7. The van der Waals surface area contributed by atoms with E-state index in [9.17, 15) is 9.59 Å². The Hall–Kier alpha value is -2.82. The van der Waals surface area contributed by atoms with Gasteiger partial charge in [-0.15, -0.1) is 0 Å². The third-order valence-corrected chi connectivity index (χ3v) is 5.75. The molecule has 0 aliphatic heterocycles. The van der Waals surface area contributed by atoms with Gasteiger partial charge < -0.3 is 5.32 Å². The molecule has 0 spiro atoms. The van der Waals surface area contributed by atoms with Crippen molar-refractivity contribution in [2.24, 2.45) is 5.92 Å². The standard InChI is InChI=1S/C22H21ClN4O2S/c1-14(2)9-10-27-21(29)17-5-3-4-6-19(17)26-22(27)30-13-20(28)25-16-8-7-15(12-24)18(23)11-16/h3-8,11,14H,9-10,13H2,1-2H3,(H,25,28). The number of nitrogens with zero attached hydrogens (tertiary/aromatic N) is 3. The SMILES string of the molecule is CC(C)CCn1c(SCC(=O)Nc2ccc(C#N)c(Cl)c2)nc2ccccc2c1=O. The Morgan fingerprint density at radius 2 is 2.07 bits per heavy atom. The monoisotopic (exact) mass is 440 g/mol. The molecule has 1 aromatic heterocycles. The van der Waals surface area contributed by atoms with E-state index in [2.05, 4.69) is 24.1 Å². The minimum Gasteiger partial charge on any atom is -0.325 e. The number of carbonyl (C=O) groups is 1. The molecule has 0 atom stereocenters. The zero-order chi connectivity index (χ0) is 21.7. The van der Waals surface area contributed by atoms with E-state index in [0.29, 0.717) is 39.8 Å². The summed E-state index contributed by atoms with van der Waals surface area (Å²) in [4.78, 5) is 30.0. The molecule has 0 aliphatic rings. The predicted octanol–water partition coefficient (Wildman–Crippen LogP) is 4.70. The molecular weight excluding hydrogens is 420 g/mol. The lowest BCUT2D eigenvalue weighted by atomic mass is 10.1. The van der Waals surface area contributed by atoms with Gasteiger partial charge in [0.2, 0.25) is 5.91 Å². The molecule has 0 saturated heterocycles. The van der Waals surface area contributed by atoms with Gasteiger partial charge in [0, 0.05) is 12.2 Å². The fourth-order valence-electron chi connectivity index (χ4n) is 2.85. The first kappa shape index (κ1) is 21.9.